The van der Waals surface area contributed by atoms with E-state index in [1.54, 1.807) is 11.8 Å². The van der Waals surface area contributed by atoms with Crippen molar-refractivity contribution in [1.29, 1.82) is 0 Å². The van der Waals surface area contributed by atoms with Gasteiger partial charge in [-0.3, -0.25) is 14.7 Å². The first kappa shape index (κ1) is 25.2. The fourth-order valence-electron chi connectivity index (χ4n) is 4.26. The normalized spacial score (nSPS) is 21.1. The average molecular weight is 500 g/mol. The van der Waals surface area contributed by atoms with Gasteiger partial charge >= 0.3 is 7.60 Å². The van der Waals surface area contributed by atoms with Crippen molar-refractivity contribution in [1.82, 2.24) is 0 Å². The minimum absolute atomic E-state index is 0.0557. The number of halogens is 1. The van der Waals surface area contributed by atoms with Crippen molar-refractivity contribution in [3.8, 4) is 0 Å². The number of nitrogens with zero attached hydrogens (tertiary/aromatic N) is 1. The van der Waals surface area contributed by atoms with E-state index in [0.717, 1.165) is 41.5 Å². The summed E-state index contributed by atoms with van der Waals surface area (Å²) in [7, 11) is -4.55. The number of rotatable bonds is 10. The van der Waals surface area contributed by atoms with Crippen molar-refractivity contribution in [3.05, 3.63) is 63.7 Å². The Morgan fingerprint density at radius 3 is 2.62 bits per heavy atom. The zero-order valence-electron chi connectivity index (χ0n) is 17.5. The molecule has 3 rings (SSSR count). The lowest BCUT2D eigenvalue weighted by molar-refractivity contribution is -0.385. The summed E-state index contributed by atoms with van der Waals surface area (Å²) in [6, 6.07) is 11.8. The Hall–Kier alpha value is -1.41. The van der Waals surface area contributed by atoms with E-state index >= 15 is 0 Å². The summed E-state index contributed by atoms with van der Waals surface area (Å²) in [6.07, 6.45) is 3.67. The van der Waals surface area contributed by atoms with Gasteiger partial charge in [0, 0.05) is 34.3 Å². The van der Waals surface area contributed by atoms with Gasteiger partial charge in [0.15, 0.2) is 0 Å². The lowest BCUT2D eigenvalue weighted by Gasteiger charge is -2.22. The molecule has 3 N–H and O–H groups in total. The Morgan fingerprint density at radius 2 is 1.94 bits per heavy atom. The summed E-state index contributed by atoms with van der Waals surface area (Å²) in [6.45, 7) is 0.115. The van der Waals surface area contributed by atoms with Crippen LogP contribution in [0.4, 0.5) is 5.69 Å². The molecule has 3 atom stereocenters. The van der Waals surface area contributed by atoms with E-state index in [1.165, 1.54) is 12.1 Å². The molecule has 0 spiro atoms. The van der Waals surface area contributed by atoms with Gasteiger partial charge in [0.2, 0.25) is 0 Å². The third kappa shape index (κ3) is 6.56. The van der Waals surface area contributed by atoms with Gasteiger partial charge in [0.05, 0.1) is 10.2 Å². The van der Waals surface area contributed by atoms with Gasteiger partial charge < -0.3 is 14.9 Å². The van der Waals surface area contributed by atoms with E-state index < -0.39 is 12.5 Å². The van der Waals surface area contributed by atoms with Crippen molar-refractivity contribution in [2.24, 2.45) is 11.8 Å². The van der Waals surface area contributed by atoms with Gasteiger partial charge in [0.1, 0.15) is 0 Å². The van der Waals surface area contributed by atoms with Crippen LogP contribution in [0.2, 0.25) is 0 Å². The number of alkyl halides is 1. The minimum atomic E-state index is -4.55. The summed E-state index contributed by atoms with van der Waals surface area (Å²) in [4.78, 5) is 30.6. The van der Waals surface area contributed by atoms with Gasteiger partial charge in [-0.25, -0.2) is 0 Å². The zero-order valence-corrected chi connectivity index (χ0v) is 19.9. The highest BCUT2D eigenvalue weighted by Gasteiger charge is 2.35. The smallest absolute Gasteiger partial charge is 0.356 e. The molecule has 32 heavy (non-hydrogen) atoms. The van der Waals surface area contributed by atoms with E-state index in [-0.39, 0.29) is 28.9 Å². The summed E-state index contributed by atoms with van der Waals surface area (Å²) in [5.41, 5.74) is 1.32. The predicted molar refractivity (Wildman–Crippen MR) is 127 cm³/mol. The van der Waals surface area contributed by atoms with Gasteiger partial charge in [-0.05, 0) is 67.7 Å². The highest BCUT2D eigenvalue weighted by Crippen LogP contribution is 2.42. The summed E-state index contributed by atoms with van der Waals surface area (Å²) in [5.74, 6) is 1.45. The third-order valence-electron chi connectivity index (χ3n) is 6.01. The number of hydrogen-bond acceptors (Lipinski definition) is 5. The number of hydrogen-bond donors (Lipinski definition) is 3. The molecule has 0 amide bonds. The number of benzene rings is 2. The van der Waals surface area contributed by atoms with Crippen molar-refractivity contribution in [2.45, 2.75) is 42.4 Å². The second-order valence-corrected chi connectivity index (χ2v) is 11.4. The molecule has 0 bridgehead atoms. The maximum absolute atomic E-state index is 11.5. The van der Waals surface area contributed by atoms with E-state index in [0.29, 0.717) is 24.3 Å². The van der Waals surface area contributed by atoms with Crippen LogP contribution in [0.1, 0.15) is 30.4 Å². The van der Waals surface area contributed by atoms with Crippen LogP contribution in [0.3, 0.4) is 0 Å². The maximum Gasteiger partial charge on any atom is 0.356 e. The Labute approximate surface area is 196 Å². The molecule has 0 aromatic heterocycles. The molecule has 1 saturated carbocycles. The Bertz CT molecular complexity index is 1000. The van der Waals surface area contributed by atoms with Gasteiger partial charge in [-0.1, -0.05) is 18.2 Å². The number of aliphatic hydroxyl groups excluding tert-OH is 1. The molecular weight excluding hydrogens is 473 g/mol. The van der Waals surface area contributed by atoms with Crippen LogP contribution in [0.25, 0.3) is 0 Å². The molecule has 0 heterocycles. The van der Waals surface area contributed by atoms with Crippen LogP contribution in [0.15, 0.2) is 47.4 Å². The number of nitro benzene ring substituents is 1. The summed E-state index contributed by atoms with van der Waals surface area (Å²) < 4.78 is 11.5. The molecule has 1 aliphatic carbocycles. The van der Waals surface area contributed by atoms with Crippen molar-refractivity contribution >= 4 is 42.0 Å². The molecule has 1 fully saturated rings. The van der Waals surface area contributed by atoms with Crippen LogP contribution < -0.4 is 5.30 Å². The van der Waals surface area contributed by atoms with E-state index in [4.69, 9.17) is 16.7 Å². The Morgan fingerprint density at radius 1 is 1.16 bits per heavy atom. The first-order valence-corrected chi connectivity index (χ1v) is 13.5. The van der Waals surface area contributed by atoms with Crippen molar-refractivity contribution in [2.75, 3.05) is 12.4 Å². The molecule has 0 saturated heterocycles. The monoisotopic (exact) mass is 499 g/mol. The molecule has 174 valence electrons. The maximum atomic E-state index is 11.5. The number of nitro groups is 1. The molecule has 0 aliphatic heterocycles. The van der Waals surface area contributed by atoms with Gasteiger partial charge in [-0.15, -0.1) is 23.4 Å². The molecule has 2 aromatic carbocycles. The Balaban J connectivity index is 1.66. The van der Waals surface area contributed by atoms with Gasteiger partial charge in [0.25, 0.3) is 5.69 Å². The highest BCUT2D eigenvalue weighted by molar-refractivity contribution is 7.99. The van der Waals surface area contributed by atoms with Crippen molar-refractivity contribution < 1.29 is 24.4 Å². The molecule has 2 aromatic rings. The molecule has 10 heteroatoms. The van der Waals surface area contributed by atoms with E-state index in [1.807, 2.05) is 18.2 Å². The molecule has 2 unspecified atom stereocenters. The second-order valence-electron chi connectivity index (χ2n) is 8.10. The number of aliphatic hydroxyl groups is 1. The third-order valence-corrected chi connectivity index (χ3v) is 8.64. The first-order chi connectivity index (χ1) is 15.2. The number of thioether (sulfide) groups is 1. The average Bonchev–Trinajstić information content (AvgIpc) is 3.09. The largest absolute Gasteiger partial charge is 0.396 e. The molecule has 1 aliphatic rings. The fraction of sp³-hybridized carbons (Fsp3) is 0.455. The highest BCUT2D eigenvalue weighted by atomic mass is 35.5. The van der Waals surface area contributed by atoms with E-state index in [2.05, 4.69) is 6.07 Å². The number of aryl methyl sites for hydroxylation is 1. The zero-order chi connectivity index (χ0) is 23.3. The topological polar surface area (TPSA) is 121 Å². The van der Waals surface area contributed by atoms with Crippen LogP contribution in [-0.2, 0) is 17.4 Å². The fourth-order valence-corrected chi connectivity index (χ4v) is 6.65. The summed E-state index contributed by atoms with van der Waals surface area (Å²) >= 11 is 8.35. The molecular formula is C22H27ClNO6PS. The standard InChI is InChI=1S/C22H27ClNO6PS/c23-21-9-7-16(20(21)14-32-19-3-1-2-15(12-19)10-11-25)4-5-17-6-8-18(31(28,29)30)13-22(17)24(26)27/h1-3,6,8,12-13,16,20-21,25H,4-5,7,9-11,14H2,(H2,28,29,30)/t16-,20?,21?/m0/s1. The molecule has 7 nitrogen and oxygen atoms in total. The molecule has 0 radical (unpaired) electrons. The SMILES string of the molecule is O=[N+]([O-])c1cc(P(=O)(O)O)ccc1CC[C@H]1CCC(Cl)C1CSc1cccc(CCO)c1. The minimum Gasteiger partial charge on any atom is -0.396 e. The van der Waals surface area contributed by atoms with Crippen LogP contribution in [-0.4, -0.2) is 37.6 Å². The lowest BCUT2D eigenvalue weighted by atomic mass is 9.91. The predicted octanol–water partition coefficient (Wildman–Crippen LogP) is 4.29. The second kappa shape index (κ2) is 11.1. The Kier molecular flexibility index (Phi) is 8.78. The van der Waals surface area contributed by atoms with Crippen LogP contribution in [0.5, 0.6) is 0 Å². The van der Waals surface area contributed by atoms with Crippen LogP contribution in [0, 0.1) is 22.0 Å². The lowest BCUT2D eigenvalue weighted by Crippen LogP contribution is -2.19. The van der Waals surface area contributed by atoms with Gasteiger partial charge in [-0.2, -0.15) is 0 Å². The quantitative estimate of drug-likeness (QED) is 0.146. The van der Waals surface area contributed by atoms with Crippen LogP contribution >= 0.6 is 31.0 Å². The van der Waals surface area contributed by atoms with Crippen molar-refractivity contribution in [3.63, 3.8) is 0 Å². The van der Waals surface area contributed by atoms with E-state index in [9.17, 15) is 24.5 Å². The first-order valence-electron chi connectivity index (χ1n) is 10.5. The summed E-state index contributed by atoms with van der Waals surface area (Å²) in [5, 5.41) is 20.3.